The van der Waals surface area contributed by atoms with Gasteiger partial charge < -0.3 is 15.2 Å². The van der Waals surface area contributed by atoms with E-state index in [0.29, 0.717) is 11.3 Å². The lowest BCUT2D eigenvalue weighted by Gasteiger charge is -2.29. The van der Waals surface area contributed by atoms with Crippen molar-refractivity contribution in [2.24, 2.45) is 0 Å². The van der Waals surface area contributed by atoms with Gasteiger partial charge in [0.05, 0.1) is 17.4 Å². The first-order valence-corrected chi connectivity index (χ1v) is 7.62. The fourth-order valence-electron chi connectivity index (χ4n) is 2.39. The highest BCUT2D eigenvalue weighted by Crippen LogP contribution is 2.29. The summed E-state index contributed by atoms with van der Waals surface area (Å²) < 4.78 is 5.51. The fraction of sp³-hybridized carbons (Fsp3) is 0.500. The van der Waals surface area contributed by atoms with E-state index in [0.717, 1.165) is 24.3 Å². The molecule has 1 heterocycles. The summed E-state index contributed by atoms with van der Waals surface area (Å²) >= 11 is 1.45. The summed E-state index contributed by atoms with van der Waals surface area (Å²) in [6, 6.07) is 5.84. The van der Waals surface area contributed by atoms with Gasteiger partial charge in [-0.1, -0.05) is 6.07 Å². The molecule has 5 heteroatoms. The zero-order valence-electron chi connectivity index (χ0n) is 11.2. The Labute approximate surface area is 117 Å². The lowest BCUT2D eigenvalue weighted by atomic mass is 10.0. The SMILES string of the molecule is CSc1cccc(NC2CCOC(C)C2)c1C(=O)O. The molecule has 0 radical (unpaired) electrons. The van der Waals surface area contributed by atoms with Crippen LogP contribution in [0.2, 0.25) is 0 Å². The molecule has 19 heavy (non-hydrogen) atoms. The molecule has 0 bridgehead atoms. The molecule has 0 aliphatic carbocycles. The van der Waals surface area contributed by atoms with Crippen LogP contribution in [0, 0.1) is 0 Å². The van der Waals surface area contributed by atoms with Crippen LogP contribution in [0.15, 0.2) is 23.1 Å². The number of rotatable bonds is 4. The van der Waals surface area contributed by atoms with Gasteiger partial charge in [0.2, 0.25) is 0 Å². The smallest absolute Gasteiger partial charge is 0.338 e. The Balaban J connectivity index is 2.21. The second kappa shape index (κ2) is 6.30. The molecule has 0 amide bonds. The van der Waals surface area contributed by atoms with Crippen LogP contribution in [0.3, 0.4) is 0 Å². The molecule has 0 aromatic heterocycles. The molecular formula is C14H19NO3S. The molecule has 2 rings (SSSR count). The maximum Gasteiger partial charge on any atom is 0.338 e. The maximum atomic E-state index is 11.4. The van der Waals surface area contributed by atoms with Gasteiger partial charge in [-0.25, -0.2) is 4.79 Å². The molecule has 0 spiro atoms. The number of ether oxygens (including phenoxy) is 1. The van der Waals surface area contributed by atoms with Crippen molar-refractivity contribution >= 4 is 23.4 Å². The molecule has 2 unspecified atom stereocenters. The van der Waals surface area contributed by atoms with E-state index >= 15 is 0 Å². The van der Waals surface area contributed by atoms with Crippen LogP contribution in [0.1, 0.15) is 30.1 Å². The van der Waals surface area contributed by atoms with E-state index in [4.69, 9.17) is 4.74 Å². The third kappa shape index (κ3) is 3.42. The van der Waals surface area contributed by atoms with Crippen LogP contribution in [-0.4, -0.2) is 36.1 Å². The molecule has 1 aromatic carbocycles. The van der Waals surface area contributed by atoms with E-state index < -0.39 is 5.97 Å². The van der Waals surface area contributed by atoms with Crippen molar-refractivity contribution in [1.82, 2.24) is 0 Å². The molecule has 2 atom stereocenters. The quantitative estimate of drug-likeness (QED) is 0.831. The largest absolute Gasteiger partial charge is 0.478 e. The van der Waals surface area contributed by atoms with Gasteiger partial charge in [0, 0.05) is 17.5 Å². The van der Waals surface area contributed by atoms with Crippen LogP contribution >= 0.6 is 11.8 Å². The molecule has 1 fully saturated rings. The van der Waals surface area contributed by atoms with E-state index in [1.807, 2.05) is 31.4 Å². The summed E-state index contributed by atoms with van der Waals surface area (Å²) in [5, 5.41) is 12.7. The number of nitrogens with one attached hydrogen (secondary N) is 1. The topological polar surface area (TPSA) is 58.6 Å². The monoisotopic (exact) mass is 281 g/mol. The molecule has 0 saturated carbocycles. The van der Waals surface area contributed by atoms with Gasteiger partial charge in [0.1, 0.15) is 0 Å². The Morgan fingerprint density at radius 2 is 2.32 bits per heavy atom. The molecule has 1 aliphatic rings. The van der Waals surface area contributed by atoms with Gasteiger partial charge in [-0.05, 0) is 38.2 Å². The number of hydrogen-bond acceptors (Lipinski definition) is 4. The molecule has 1 aliphatic heterocycles. The summed E-state index contributed by atoms with van der Waals surface area (Å²) in [6.07, 6.45) is 3.93. The molecule has 4 nitrogen and oxygen atoms in total. The van der Waals surface area contributed by atoms with Gasteiger partial charge in [-0.3, -0.25) is 0 Å². The minimum absolute atomic E-state index is 0.225. The third-order valence-electron chi connectivity index (χ3n) is 3.30. The van der Waals surface area contributed by atoms with Crippen LogP contribution in [0.4, 0.5) is 5.69 Å². The fourth-order valence-corrected chi connectivity index (χ4v) is 3.01. The van der Waals surface area contributed by atoms with Gasteiger partial charge in [0.25, 0.3) is 0 Å². The molecule has 1 saturated heterocycles. The van der Waals surface area contributed by atoms with Gasteiger partial charge in [-0.2, -0.15) is 0 Å². The highest BCUT2D eigenvalue weighted by molar-refractivity contribution is 7.98. The number of thioether (sulfide) groups is 1. The van der Waals surface area contributed by atoms with Gasteiger partial charge in [0.15, 0.2) is 0 Å². The highest BCUT2D eigenvalue weighted by Gasteiger charge is 2.22. The van der Waals surface area contributed by atoms with E-state index in [1.165, 1.54) is 11.8 Å². The number of carboxylic acids is 1. The Morgan fingerprint density at radius 1 is 1.53 bits per heavy atom. The number of benzene rings is 1. The normalized spacial score (nSPS) is 23.1. The van der Waals surface area contributed by atoms with Gasteiger partial charge in [-0.15, -0.1) is 11.8 Å². The van der Waals surface area contributed by atoms with Crippen molar-refractivity contribution in [2.75, 3.05) is 18.2 Å². The minimum Gasteiger partial charge on any atom is -0.478 e. The predicted octanol–water partition coefficient (Wildman–Crippen LogP) is 3.09. The first kappa shape index (κ1) is 14.2. The van der Waals surface area contributed by atoms with E-state index in [-0.39, 0.29) is 12.1 Å². The minimum atomic E-state index is -0.882. The van der Waals surface area contributed by atoms with Crippen molar-refractivity contribution in [2.45, 2.75) is 36.8 Å². The molecular weight excluding hydrogens is 262 g/mol. The zero-order valence-corrected chi connectivity index (χ0v) is 12.0. The van der Waals surface area contributed by atoms with Gasteiger partial charge >= 0.3 is 5.97 Å². The number of hydrogen-bond donors (Lipinski definition) is 2. The summed E-state index contributed by atoms with van der Waals surface area (Å²) in [4.78, 5) is 12.2. The first-order chi connectivity index (χ1) is 9.11. The van der Waals surface area contributed by atoms with Crippen LogP contribution in [-0.2, 0) is 4.74 Å². The third-order valence-corrected chi connectivity index (χ3v) is 4.08. The Morgan fingerprint density at radius 3 is 2.95 bits per heavy atom. The average molecular weight is 281 g/mol. The summed E-state index contributed by atoms with van der Waals surface area (Å²) in [7, 11) is 0. The lowest BCUT2D eigenvalue weighted by Crippen LogP contribution is -2.33. The Bertz CT molecular complexity index is 464. The Hall–Kier alpha value is -1.20. The number of carboxylic acid groups (broad SMARTS) is 1. The van der Waals surface area contributed by atoms with Crippen LogP contribution < -0.4 is 5.32 Å². The predicted molar refractivity (Wildman–Crippen MR) is 77.2 cm³/mol. The number of carbonyl (C=O) groups is 1. The summed E-state index contributed by atoms with van der Waals surface area (Å²) in [6.45, 7) is 2.77. The van der Waals surface area contributed by atoms with Crippen molar-refractivity contribution in [3.63, 3.8) is 0 Å². The van der Waals surface area contributed by atoms with Crippen LogP contribution in [0.25, 0.3) is 0 Å². The average Bonchev–Trinajstić information content (AvgIpc) is 2.38. The van der Waals surface area contributed by atoms with Crippen molar-refractivity contribution < 1.29 is 14.6 Å². The second-order valence-electron chi connectivity index (χ2n) is 4.74. The zero-order chi connectivity index (χ0) is 13.8. The van der Waals surface area contributed by atoms with Crippen molar-refractivity contribution in [1.29, 1.82) is 0 Å². The van der Waals surface area contributed by atoms with E-state index in [2.05, 4.69) is 5.32 Å². The number of aromatic carboxylic acids is 1. The molecule has 104 valence electrons. The van der Waals surface area contributed by atoms with E-state index in [9.17, 15) is 9.90 Å². The van der Waals surface area contributed by atoms with E-state index in [1.54, 1.807) is 0 Å². The highest BCUT2D eigenvalue weighted by atomic mass is 32.2. The van der Waals surface area contributed by atoms with Crippen LogP contribution in [0.5, 0.6) is 0 Å². The Kier molecular flexibility index (Phi) is 4.71. The van der Waals surface area contributed by atoms with Crippen molar-refractivity contribution in [3.05, 3.63) is 23.8 Å². The lowest BCUT2D eigenvalue weighted by molar-refractivity contribution is 0.0232. The molecule has 1 aromatic rings. The maximum absolute atomic E-state index is 11.4. The first-order valence-electron chi connectivity index (χ1n) is 6.40. The standard InChI is InChI=1S/C14H19NO3S/c1-9-8-10(6-7-18-9)15-11-4-3-5-12(19-2)13(11)14(16)17/h3-5,9-10,15H,6-8H2,1-2H3,(H,16,17). The summed E-state index contributed by atoms with van der Waals surface area (Å²) in [5.41, 5.74) is 1.08. The number of anilines is 1. The van der Waals surface area contributed by atoms with Crippen molar-refractivity contribution in [3.8, 4) is 0 Å². The second-order valence-corrected chi connectivity index (χ2v) is 5.58. The summed E-state index contributed by atoms with van der Waals surface area (Å²) in [5.74, 6) is -0.882. The molecule has 2 N–H and O–H groups in total.